The summed E-state index contributed by atoms with van der Waals surface area (Å²) in [6, 6.07) is 6.21. The fourth-order valence-corrected chi connectivity index (χ4v) is 1.99. The van der Waals surface area contributed by atoms with Gasteiger partial charge in [0.15, 0.2) is 0 Å². The van der Waals surface area contributed by atoms with Crippen molar-refractivity contribution >= 4 is 5.91 Å². The second-order valence-electron chi connectivity index (χ2n) is 5.37. The van der Waals surface area contributed by atoms with E-state index in [-0.39, 0.29) is 17.9 Å². The lowest BCUT2D eigenvalue weighted by atomic mass is 9.83. The Morgan fingerprint density at radius 3 is 2.63 bits per heavy atom. The molecule has 1 aromatic carbocycles. The molecule has 1 aromatic rings. The van der Waals surface area contributed by atoms with Gasteiger partial charge in [-0.3, -0.25) is 4.79 Å². The molecule has 0 radical (unpaired) electrons. The van der Waals surface area contributed by atoms with E-state index in [0.717, 1.165) is 11.3 Å². The number of primary amides is 1. The van der Waals surface area contributed by atoms with Crippen molar-refractivity contribution in [2.45, 2.75) is 33.1 Å². The summed E-state index contributed by atoms with van der Waals surface area (Å²) in [5.41, 5.74) is 7.40. The molecule has 0 aliphatic rings. The van der Waals surface area contributed by atoms with Crippen molar-refractivity contribution in [1.29, 1.82) is 0 Å². The van der Waals surface area contributed by atoms with Gasteiger partial charge in [-0.25, -0.2) is 0 Å². The zero-order chi connectivity index (χ0) is 14.5. The third kappa shape index (κ3) is 4.56. The van der Waals surface area contributed by atoms with Gasteiger partial charge in [-0.15, -0.1) is 0 Å². The Morgan fingerprint density at radius 2 is 2.11 bits per heavy atom. The third-order valence-corrected chi connectivity index (χ3v) is 3.12. The lowest BCUT2D eigenvalue weighted by Crippen LogP contribution is -2.37. The minimum atomic E-state index is -0.335. The lowest BCUT2D eigenvalue weighted by Gasteiger charge is -2.26. The number of nitrogens with one attached hydrogen (secondary N) is 1. The van der Waals surface area contributed by atoms with E-state index in [1.807, 2.05) is 19.9 Å². The molecule has 4 heteroatoms. The zero-order valence-corrected chi connectivity index (χ0v) is 12.2. The van der Waals surface area contributed by atoms with E-state index in [1.54, 1.807) is 0 Å². The van der Waals surface area contributed by atoms with Gasteiger partial charge in [-0.05, 0) is 31.0 Å². The standard InChI is InChI=1S/C15H24N2O2/c1-5-19-13-7-6-12(8-11(13)2)15(3,4)10-17-9-14(16)18/h6-8,17H,5,9-10H2,1-4H3,(H2,16,18). The highest BCUT2D eigenvalue weighted by Gasteiger charge is 2.21. The Bertz CT molecular complexity index is 442. The minimum Gasteiger partial charge on any atom is -0.494 e. The number of carbonyl (C=O) groups excluding carboxylic acids is 1. The molecule has 0 atom stereocenters. The van der Waals surface area contributed by atoms with Crippen LogP contribution in [0.5, 0.6) is 5.75 Å². The van der Waals surface area contributed by atoms with Crippen LogP contribution in [-0.4, -0.2) is 25.6 Å². The van der Waals surface area contributed by atoms with Crippen LogP contribution in [0.25, 0.3) is 0 Å². The van der Waals surface area contributed by atoms with Crippen molar-refractivity contribution in [3.63, 3.8) is 0 Å². The number of carbonyl (C=O) groups is 1. The summed E-state index contributed by atoms with van der Waals surface area (Å²) in [5, 5.41) is 3.08. The molecule has 0 fully saturated rings. The first-order valence-corrected chi connectivity index (χ1v) is 6.59. The van der Waals surface area contributed by atoms with Crippen molar-refractivity contribution in [3.05, 3.63) is 29.3 Å². The molecule has 0 aliphatic heterocycles. The van der Waals surface area contributed by atoms with Crippen LogP contribution < -0.4 is 15.8 Å². The monoisotopic (exact) mass is 264 g/mol. The van der Waals surface area contributed by atoms with Crippen LogP contribution in [-0.2, 0) is 10.2 Å². The Morgan fingerprint density at radius 1 is 1.42 bits per heavy atom. The van der Waals surface area contributed by atoms with Crippen molar-refractivity contribution in [2.24, 2.45) is 5.73 Å². The Hall–Kier alpha value is -1.55. The van der Waals surface area contributed by atoms with Crippen LogP contribution in [0, 0.1) is 6.92 Å². The average Bonchev–Trinajstić information content (AvgIpc) is 2.31. The van der Waals surface area contributed by atoms with Crippen molar-refractivity contribution in [2.75, 3.05) is 19.7 Å². The summed E-state index contributed by atoms with van der Waals surface area (Å²) in [5.74, 6) is 0.589. The number of amides is 1. The molecule has 0 bridgehead atoms. The van der Waals surface area contributed by atoms with E-state index in [1.165, 1.54) is 5.56 Å². The normalized spacial score (nSPS) is 11.4. The first kappa shape index (κ1) is 15.5. The SMILES string of the molecule is CCOc1ccc(C(C)(C)CNCC(N)=O)cc1C. The topological polar surface area (TPSA) is 64.3 Å². The number of hydrogen-bond acceptors (Lipinski definition) is 3. The van der Waals surface area contributed by atoms with Gasteiger partial charge < -0.3 is 15.8 Å². The number of rotatable bonds is 7. The second kappa shape index (κ2) is 6.57. The molecule has 19 heavy (non-hydrogen) atoms. The first-order valence-electron chi connectivity index (χ1n) is 6.59. The van der Waals surface area contributed by atoms with Gasteiger partial charge in [0.1, 0.15) is 5.75 Å². The highest BCUT2D eigenvalue weighted by atomic mass is 16.5. The maximum absolute atomic E-state index is 10.7. The van der Waals surface area contributed by atoms with Crippen LogP contribution in [0.15, 0.2) is 18.2 Å². The molecular formula is C15H24N2O2. The van der Waals surface area contributed by atoms with Gasteiger partial charge in [-0.1, -0.05) is 26.0 Å². The summed E-state index contributed by atoms with van der Waals surface area (Å²) in [4.78, 5) is 10.7. The van der Waals surface area contributed by atoms with Crippen molar-refractivity contribution < 1.29 is 9.53 Å². The van der Waals surface area contributed by atoms with Crippen LogP contribution in [0.3, 0.4) is 0 Å². The molecule has 0 heterocycles. The van der Waals surface area contributed by atoms with Crippen LogP contribution >= 0.6 is 0 Å². The predicted molar refractivity (Wildman–Crippen MR) is 77.4 cm³/mol. The Kier molecular flexibility index (Phi) is 5.36. The summed E-state index contributed by atoms with van der Waals surface area (Å²) >= 11 is 0. The Labute approximate surface area is 115 Å². The number of nitrogens with two attached hydrogens (primary N) is 1. The predicted octanol–water partition coefficient (Wildman–Crippen LogP) is 1.75. The molecule has 1 rings (SSSR count). The maximum atomic E-state index is 10.7. The summed E-state index contributed by atoms with van der Waals surface area (Å²) in [7, 11) is 0. The van der Waals surface area contributed by atoms with E-state index in [4.69, 9.17) is 10.5 Å². The van der Waals surface area contributed by atoms with Gasteiger partial charge >= 0.3 is 0 Å². The fourth-order valence-electron chi connectivity index (χ4n) is 1.99. The smallest absolute Gasteiger partial charge is 0.231 e. The molecule has 0 spiro atoms. The zero-order valence-electron chi connectivity index (χ0n) is 12.2. The number of hydrogen-bond donors (Lipinski definition) is 2. The van der Waals surface area contributed by atoms with Gasteiger partial charge in [-0.2, -0.15) is 0 Å². The van der Waals surface area contributed by atoms with E-state index < -0.39 is 0 Å². The van der Waals surface area contributed by atoms with E-state index in [0.29, 0.717) is 13.2 Å². The average molecular weight is 264 g/mol. The summed E-state index contributed by atoms with van der Waals surface area (Å²) in [6.07, 6.45) is 0. The first-order chi connectivity index (χ1) is 8.86. The minimum absolute atomic E-state index is 0.0645. The quantitative estimate of drug-likeness (QED) is 0.788. The summed E-state index contributed by atoms with van der Waals surface area (Å²) < 4.78 is 5.54. The van der Waals surface area contributed by atoms with Gasteiger partial charge in [0.25, 0.3) is 0 Å². The molecule has 0 saturated heterocycles. The molecule has 4 nitrogen and oxygen atoms in total. The molecule has 0 saturated carbocycles. The highest BCUT2D eigenvalue weighted by molar-refractivity contribution is 5.75. The number of ether oxygens (including phenoxy) is 1. The second-order valence-corrected chi connectivity index (χ2v) is 5.37. The van der Waals surface area contributed by atoms with E-state index >= 15 is 0 Å². The molecular weight excluding hydrogens is 240 g/mol. The Balaban J connectivity index is 2.77. The lowest BCUT2D eigenvalue weighted by molar-refractivity contribution is -0.117. The molecule has 1 amide bonds. The van der Waals surface area contributed by atoms with E-state index in [2.05, 4.69) is 31.3 Å². The molecule has 3 N–H and O–H groups in total. The fraction of sp³-hybridized carbons (Fsp3) is 0.533. The maximum Gasteiger partial charge on any atom is 0.231 e. The van der Waals surface area contributed by atoms with Crippen LogP contribution in [0.4, 0.5) is 0 Å². The largest absolute Gasteiger partial charge is 0.494 e. The van der Waals surface area contributed by atoms with Gasteiger partial charge in [0.2, 0.25) is 5.91 Å². The van der Waals surface area contributed by atoms with Gasteiger partial charge in [0.05, 0.1) is 13.2 Å². The number of aryl methyl sites for hydroxylation is 1. The van der Waals surface area contributed by atoms with Gasteiger partial charge in [0, 0.05) is 12.0 Å². The molecule has 0 aromatic heterocycles. The van der Waals surface area contributed by atoms with E-state index in [9.17, 15) is 4.79 Å². The van der Waals surface area contributed by atoms with Crippen molar-refractivity contribution in [3.8, 4) is 5.75 Å². The number of benzene rings is 1. The van der Waals surface area contributed by atoms with Crippen LogP contribution in [0.1, 0.15) is 31.9 Å². The summed E-state index contributed by atoms with van der Waals surface area (Å²) in [6.45, 7) is 9.87. The molecule has 0 unspecified atom stereocenters. The molecule has 106 valence electrons. The third-order valence-electron chi connectivity index (χ3n) is 3.12. The highest BCUT2D eigenvalue weighted by Crippen LogP contribution is 2.27. The van der Waals surface area contributed by atoms with Crippen LogP contribution in [0.2, 0.25) is 0 Å². The molecule has 0 aliphatic carbocycles. The van der Waals surface area contributed by atoms with Crippen molar-refractivity contribution in [1.82, 2.24) is 5.32 Å².